The van der Waals surface area contributed by atoms with Gasteiger partial charge in [0.2, 0.25) is 0 Å². The molecule has 0 saturated carbocycles. The first-order chi connectivity index (χ1) is 12.1. The molecule has 0 bridgehead atoms. The van der Waals surface area contributed by atoms with Gasteiger partial charge < -0.3 is 10.2 Å². The third-order valence-corrected chi connectivity index (χ3v) is 4.40. The zero-order chi connectivity index (χ0) is 17.8. The Hall–Kier alpha value is -3.14. The zero-order valence-electron chi connectivity index (χ0n) is 13.6. The third-order valence-electron chi connectivity index (χ3n) is 4.40. The Bertz CT molecular complexity index is 938. The van der Waals surface area contributed by atoms with Gasteiger partial charge in [0.05, 0.1) is 11.1 Å². The molecule has 0 aromatic heterocycles. The van der Waals surface area contributed by atoms with Gasteiger partial charge >= 0.3 is 11.9 Å². The van der Waals surface area contributed by atoms with E-state index in [9.17, 15) is 9.59 Å². The Morgan fingerprint density at radius 3 is 2.12 bits per heavy atom. The van der Waals surface area contributed by atoms with E-state index in [0.717, 1.165) is 35.6 Å². The normalized spacial score (nSPS) is 12.2. The lowest BCUT2D eigenvalue weighted by molar-refractivity contribution is 0.0686. The molecular formula is C21H18O4. The van der Waals surface area contributed by atoms with Crippen LogP contribution in [0, 0.1) is 0 Å². The van der Waals surface area contributed by atoms with Crippen LogP contribution in [0.3, 0.4) is 0 Å². The number of carbonyl (C=O) groups is 2. The Balaban J connectivity index is 0.000000146. The maximum absolute atomic E-state index is 10.8. The molecule has 0 radical (unpaired) electrons. The molecule has 3 aromatic carbocycles. The molecular weight excluding hydrogens is 316 g/mol. The van der Waals surface area contributed by atoms with Gasteiger partial charge in [-0.1, -0.05) is 48.5 Å². The average molecular weight is 334 g/mol. The van der Waals surface area contributed by atoms with Gasteiger partial charge in [0, 0.05) is 0 Å². The quantitative estimate of drug-likeness (QED) is 0.728. The van der Waals surface area contributed by atoms with E-state index in [1.807, 2.05) is 42.5 Å². The molecule has 0 atom stereocenters. The second-order valence-electron chi connectivity index (χ2n) is 5.93. The van der Waals surface area contributed by atoms with Crippen molar-refractivity contribution in [3.8, 4) is 0 Å². The lowest BCUT2D eigenvalue weighted by Crippen LogP contribution is -2.01. The fraction of sp³-hybridized carbons (Fsp3) is 0.143. The highest BCUT2D eigenvalue weighted by Crippen LogP contribution is 2.24. The van der Waals surface area contributed by atoms with Crippen molar-refractivity contribution in [1.29, 1.82) is 0 Å². The molecule has 0 amide bonds. The van der Waals surface area contributed by atoms with Crippen LogP contribution in [0.2, 0.25) is 0 Å². The third kappa shape index (κ3) is 3.53. The second-order valence-corrected chi connectivity index (χ2v) is 5.93. The van der Waals surface area contributed by atoms with Gasteiger partial charge in [-0.25, -0.2) is 9.59 Å². The van der Waals surface area contributed by atoms with Crippen LogP contribution >= 0.6 is 0 Å². The van der Waals surface area contributed by atoms with E-state index < -0.39 is 11.9 Å². The first-order valence-corrected chi connectivity index (χ1v) is 8.13. The highest BCUT2D eigenvalue weighted by molar-refractivity contribution is 6.03. The number of carboxylic acids is 2. The summed E-state index contributed by atoms with van der Waals surface area (Å²) in [6.45, 7) is 0. The van der Waals surface area contributed by atoms with Gasteiger partial charge in [-0.15, -0.1) is 0 Å². The van der Waals surface area contributed by atoms with E-state index in [-0.39, 0.29) is 0 Å². The number of fused-ring (bicyclic) bond motifs is 2. The van der Waals surface area contributed by atoms with E-state index in [2.05, 4.69) is 0 Å². The number of aryl methyl sites for hydroxylation is 1. The van der Waals surface area contributed by atoms with E-state index in [0.29, 0.717) is 11.1 Å². The minimum Gasteiger partial charge on any atom is -0.478 e. The van der Waals surface area contributed by atoms with E-state index in [1.54, 1.807) is 18.2 Å². The summed E-state index contributed by atoms with van der Waals surface area (Å²) in [6, 6.07) is 18.3. The number of hydrogen-bond acceptors (Lipinski definition) is 2. The molecule has 0 unspecified atom stereocenters. The molecule has 0 saturated heterocycles. The van der Waals surface area contributed by atoms with E-state index in [4.69, 9.17) is 10.2 Å². The summed E-state index contributed by atoms with van der Waals surface area (Å²) in [5.41, 5.74) is 3.11. The second kappa shape index (κ2) is 7.18. The maximum Gasteiger partial charge on any atom is 0.336 e. The molecule has 126 valence electrons. The summed E-state index contributed by atoms with van der Waals surface area (Å²) >= 11 is 0. The van der Waals surface area contributed by atoms with E-state index in [1.165, 1.54) is 5.56 Å². The van der Waals surface area contributed by atoms with Crippen LogP contribution < -0.4 is 0 Å². The molecule has 0 fully saturated rings. The monoisotopic (exact) mass is 334 g/mol. The molecule has 0 spiro atoms. The van der Waals surface area contributed by atoms with Crippen LogP contribution in [0.25, 0.3) is 10.8 Å². The van der Waals surface area contributed by atoms with Crippen molar-refractivity contribution in [3.05, 3.63) is 82.9 Å². The largest absolute Gasteiger partial charge is 0.478 e. The number of aromatic carboxylic acids is 2. The van der Waals surface area contributed by atoms with Crippen molar-refractivity contribution in [2.75, 3.05) is 0 Å². The first kappa shape index (κ1) is 16.7. The summed E-state index contributed by atoms with van der Waals surface area (Å²) in [5.74, 6) is -1.68. The standard InChI is InChI=1S/C11H8O2.C10H10O2/c12-11(13)10-7-3-5-8-4-1-2-6-9(8)10;11-10(12)9-6-2-4-7-3-1-5-8(7)9/h1-7H,(H,12,13);2,4,6H,1,3,5H2,(H,11,12). The summed E-state index contributed by atoms with van der Waals surface area (Å²) in [7, 11) is 0. The maximum atomic E-state index is 10.8. The summed E-state index contributed by atoms with van der Waals surface area (Å²) < 4.78 is 0. The van der Waals surface area contributed by atoms with Gasteiger partial charge in [0.15, 0.2) is 0 Å². The first-order valence-electron chi connectivity index (χ1n) is 8.13. The lowest BCUT2D eigenvalue weighted by Gasteiger charge is -2.02. The molecule has 4 rings (SSSR count). The van der Waals surface area contributed by atoms with Gasteiger partial charge in [0.1, 0.15) is 0 Å². The van der Waals surface area contributed by atoms with Crippen molar-refractivity contribution in [2.45, 2.75) is 19.3 Å². The fourth-order valence-electron chi connectivity index (χ4n) is 3.23. The number of benzene rings is 3. The molecule has 4 nitrogen and oxygen atoms in total. The number of hydrogen-bond donors (Lipinski definition) is 2. The van der Waals surface area contributed by atoms with Crippen LogP contribution in [0.4, 0.5) is 0 Å². The molecule has 0 heterocycles. The van der Waals surface area contributed by atoms with Gasteiger partial charge in [-0.05, 0) is 53.3 Å². The molecule has 25 heavy (non-hydrogen) atoms. The summed E-state index contributed by atoms with van der Waals surface area (Å²) in [5, 5.41) is 19.5. The SMILES string of the molecule is O=C(O)c1cccc2c1CCC2.O=C(O)c1cccc2ccccc12. The van der Waals surface area contributed by atoms with Gasteiger partial charge in [-0.2, -0.15) is 0 Å². The van der Waals surface area contributed by atoms with Crippen LogP contribution in [-0.2, 0) is 12.8 Å². The lowest BCUT2D eigenvalue weighted by atomic mass is 10.0. The Kier molecular flexibility index (Phi) is 4.80. The molecule has 3 aromatic rings. The van der Waals surface area contributed by atoms with Gasteiger partial charge in [-0.3, -0.25) is 0 Å². The summed E-state index contributed by atoms with van der Waals surface area (Å²) in [6.07, 6.45) is 3.06. The topological polar surface area (TPSA) is 74.6 Å². The highest BCUT2D eigenvalue weighted by atomic mass is 16.4. The Labute approximate surface area is 145 Å². The van der Waals surface area contributed by atoms with Crippen molar-refractivity contribution in [1.82, 2.24) is 0 Å². The van der Waals surface area contributed by atoms with Crippen LogP contribution in [-0.4, -0.2) is 22.2 Å². The molecule has 1 aliphatic rings. The molecule has 2 N–H and O–H groups in total. The predicted molar refractivity (Wildman–Crippen MR) is 96.3 cm³/mol. The highest BCUT2D eigenvalue weighted by Gasteiger charge is 2.17. The molecule has 4 heteroatoms. The van der Waals surface area contributed by atoms with E-state index >= 15 is 0 Å². The predicted octanol–water partition coefficient (Wildman–Crippen LogP) is 4.41. The van der Waals surface area contributed by atoms with Crippen molar-refractivity contribution in [2.24, 2.45) is 0 Å². The molecule has 1 aliphatic carbocycles. The minimum atomic E-state index is -0.878. The molecule has 0 aliphatic heterocycles. The zero-order valence-corrected chi connectivity index (χ0v) is 13.6. The minimum absolute atomic E-state index is 0.359. The average Bonchev–Trinajstić information content (AvgIpc) is 3.10. The van der Waals surface area contributed by atoms with Crippen molar-refractivity contribution < 1.29 is 19.8 Å². The number of rotatable bonds is 2. The smallest absolute Gasteiger partial charge is 0.336 e. The number of carboxylic acid groups (broad SMARTS) is 2. The van der Waals surface area contributed by atoms with Crippen molar-refractivity contribution in [3.63, 3.8) is 0 Å². The van der Waals surface area contributed by atoms with Gasteiger partial charge in [0.25, 0.3) is 0 Å². The van der Waals surface area contributed by atoms with Crippen LogP contribution in [0.5, 0.6) is 0 Å². The van der Waals surface area contributed by atoms with Crippen LogP contribution in [0.1, 0.15) is 38.3 Å². The summed E-state index contributed by atoms with van der Waals surface area (Å²) in [4.78, 5) is 21.6. The Morgan fingerprint density at radius 2 is 1.36 bits per heavy atom. The Morgan fingerprint density at radius 1 is 0.720 bits per heavy atom. The fourth-order valence-corrected chi connectivity index (χ4v) is 3.23. The van der Waals surface area contributed by atoms with Crippen molar-refractivity contribution >= 4 is 22.7 Å². The van der Waals surface area contributed by atoms with Crippen LogP contribution in [0.15, 0.2) is 60.7 Å².